The lowest BCUT2D eigenvalue weighted by atomic mass is 9.99. The first-order valence-corrected chi connectivity index (χ1v) is 20.7. The highest BCUT2D eigenvalue weighted by Crippen LogP contribution is 2.40. The Labute approximate surface area is 318 Å². The second kappa shape index (κ2) is 15.7. The van der Waals surface area contributed by atoms with Crippen LogP contribution in [0.4, 0.5) is 30.9 Å². The first kappa shape index (κ1) is 39.0. The number of alkyl halides is 2. The predicted molar refractivity (Wildman–Crippen MR) is 204 cm³/mol. The van der Waals surface area contributed by atoms with Crippen LogP contribution < -0.4 is 26.0 Å². The van der Waals surface area contributed by atoms with Crippen LogP contribution in [0.5, 0.6) is 0 Å². The third-order valence-electron chi connectivity index (χ3n) is 11.5. The van der Waals surface area contributed by atoms with Gasteiger partial charge in [0, 0.05) is 81.2 Å². The Balaban J connectivity index is 0.888. The zero-order valence-electron chi connectivity index (χ0n) is 31.2. The fourth-order valence-corrected chi connectivity index (χ4v) is 9.94. The van der Waals surface area contributed by atoms with Crippen molar-refractivity contribution in [3.8, 4) is 0 Å². The van der Waals surface area contributed by atoms with Gasteiger partial charge in [-0.3, -0.25) is 29.3 Å². The number of urea groups is 1. The van der Waals surface area contributed by atoms with Crippen molar-refractivity contribution in [3.05, 3.63) is 51.9 Å². The molecule has 2 aromatic heterocycles. The van der Waals surface area contributed by atoms with Crippen molar-refractivity contribution in [2.24, 2.45) is 0 Å². The number of pyridine rings is 1. The summed E-state index contributed by atoms with van der Waals surface area (Å²) in [6.07, 6.45) is 1.77. The summed E-state index contributed by atoms with van der Waals surface area (Å²) in [6, 6.07) is 5.85. The summed E-state index contributed by atoms with van der Waals surface area (Å²) >= 11 is 0. The Morgan fingerprint density at radius 3 is 2.44 bits per heavy atom. The van der Waals surface area contributed by atoms with Crippen molar-refractivity contribution in [3.63, 3.8) is 0 Å². The van der Waals surface area contributed by atoms with Gasteiger partial charge in [-0.25, -0.2) is 31.3 Å². The molecule has 7 rings (SSSR count). The summed E-state index contributed by atoms with van der Waals surface area (Å²) in [5.74, 6) is 0.000655. The highest BCUT2D eigenvalue weighted by atomic mass is 32.2. The normalized spacial score (nSPS) is 23.6. The Morgan fingerprint density at radius 2 is 1.78 bits per heavy atom. The molecule has 0 spiro atoms. The minimum absolute atomic E-state index is 0.0541. The molecule has 18 heteroatoms. The van der Waals surface area contributed by atoms with E-state index in [1.165, 1.54) is 15.1 Å². The molecule has 3 saturated heterocycles. The number of fused-ring (bicyclic) bond motifs is 1. The number of aliphatic hydroxyl groups is 1. The number of aryl methyl sites for hydroxylation is 1. The van der Waals surface area contributed by atoms with Gasteiger partial charge >= 0.3 is 6.03 Å². The van der Waals surface area contributed by atoms with Gasteiger partial charge in [0.05, 0.1) is 23.0 Å². The lowest BCUT2D eigenvalue weighted by molar-refractivity contribution is -0.120. The second-order valence-corrected chi connectivity index (χ2v) is 17.4. The number of sulfonamides is 1. The molecule has 3 aromatic rings. The number of piperazine rings is 1. The Bertz CT molecular complexity index is 2100. The first-order valence-electron chi connectivity index (χ1n) is 19.1. The van der Waals surface area contributed by atoms with Crippen LogP contribution in [0.15, 0.2) is 35.3 Å². The van der Waals surface area contributed by atoms with Crippen LogP contribution in [0.25, 0.3) is 11.0 Å². The smallest absolute Gasteiger partial charge is 0.328 e. The van der Waals surface area contributed by atoms with Crippen molar-refractivity contribution in [1.82, 2.24) is 29.1 Å². The predicted octanol–water partition coefficient (Wildman–Crippen LogP) is 3.38. The van der Waals surface area contributed by atoms with Crippen LogP contribution in [0.3, 0.4) is 0 Å². The second-order valence-electron chi connectivity index (χ2n) is 15.4. The molecule has 5 heterocycles. The number of rotatable bonds is 11. The average Bonchev–Trinajstić information content (AvgIpc) is 3.50. The van der Waals surface area contributed by atoms with Gasteiger partial charge in [0.1, 0.15) is 5.65 Å². The van der Waals surface area contributed by atoms with Gasteiger partial charge in [0.2, 0.25) is 21.9 Å². The summed E-state index contributed by atoms with van der Waals surface area (Å²) < 4.78 is 57.0. The van der Waals surface area contributed by atoms with Crippen LogP contribution in [0, 0.1) is 6.92 Å². The van der Waals surface area contributed by atoms with Crippen molar-refractivity contribution < 1.29 is 31.9 Å². The number of hydrogen-bond acceptors (Lipinski definition) is 11. The molecule has 1 saturated carbocycles. The summed E-state index contributed by atoms with van der Waals surface area (Å²) in [7, 11) is -3.47. The molecule has 4 fully saturated rings. The van der Waals surface area contributed by atoms with Crippen LogP contribution in [-0.4, -0.2) is 119 Å². The monoisotopic (exact) mass is 785 g/mol. The quantitative estimate of drug-likeness (QED) is 0.260. The van der Waals surface area contributed by atoms with E-state index in [1.807, 2.05) is 19.1 Å². The molecular weight excluding hydrogens is 737 g/mol. The first-order chi connectivity index (χ1) is 26.2. The van der Waals surface area contributed by atoms with Crippen LogP contribution in [0.2, 0.25) is 0 Å². The van der Waals surface area contributed by atoms with Crippen LogP contribution >= 0.6 is 0 Å². The molecule has 3 aliphatic heterocycles. The van der Waals surface area contributed by atoms with E-state index < -0.39 is 45.2 Å². The Kier molecular flexibility index (Phi) is 11.1. The van der Waals surface area contributed by atoms with E-state index in [0.717, 1.165) is 49.2 Å². The number of amides is 3. The summed E-state index contributed by atoms with van der Waals surface area (Å²) in [6.45, 7) is 8.44. The lowest BCUT2D eigenvalue weighted by Crippen LogP contribution is -2.50. The number of imide groups is 1. The summed E-state index contributed by atoms with van der Waals surface area (Å²) in [5, 5.41) is 16.9. The van der Waals surface area contributed by atoms with Gasteiger partial charge in [0.15, 0.2) is 0 Å². The van der Waals surface area contributed by atoms with Gasteiger partial charge in [-0.2, -0.15) is 4.98 Å². The van der Waals surface area contributed by atoms with Crippen molar-refractivity contribution in [2.45, 2.75) is 82.9 Å². The number of carbonyl (C=O) groups excluding carboxylic acids is 2. The number of benzene rings is 1. The largest absolute Gasteiger partial charge is 0.388 e. The molecule has 0 unspecified atom stereocenters. The molecule has 0 bridgehead atoms. The minimum Gasteiger partial charge on any atom is -0.388 e. The van der Waals surface area contributed by atoms with E-state index >= 15 is 0 Å². The van der Waals surface area contributed by atoms with E-state index in [2.05, 4.69) is 36.5 Å². The van der Waals surface area contributed by atoms with E-state index in [1.54, 1.807) is 11.8 Å². The van der Waals surface area contributed by atoms with Crippen LogP contribution in [-0.2, 0) is 14.8 Å². The number of carbonyl (C=O) groups is 2. The van der Waals surface area contributed by atoms with Gasteiger partial charge in [-0.1, -0.05) is 0 Å². The fourth-order valence-electron chi connectivity index (χ4n) is 8.42. The number of piperidine rings is 1. The molecule has 15 nitrogen and oxygen atoms in total. The SMILES string of the molecule is Cc1cc(N2CCN(CCCS(=O)(=O)N3CCC(Nc4ncc5cc(C(F)F)c(=O)n([C@@H]6CCC[C@@]6(C)O)c5n4)CC3)CC2)ccc1N1CCC(=O)NC1=O. The topological polar surface area (TPSA) is 173 Å². The van der Waals surface area contributed by atoms with Crippen molar-refractivity contribution in [2.75, 3.05) is 73.2 Å². The maximum atomic E-state index is 13.8. The number of nitrogens with zero attached hydrogens (tertiary/aromatic N) is 7. The molecule has 55 heavy (non-hydrogen) atoms. The Morgan fingerprint density at radius 1 is 1.04 bits per heavy atom. The van der Waals surface area contributed by atoms with Gasteiger partial charge in [0.25, 0.3) is 12.0 Å². The number of halogens is 2. The minimum atomic E-state index is -3.47. The zero-order valence-corrected chi connectivity index (χ0v) is 32.0. The van der Waals surface area contributed by atoms with E-state index in [9.17, 15) is 36.7 Å². The molecule has 2 atom stereocenters. The third-order valence-corrected chi connectivity index (χ3v) is 13.5. The van der Waals surface area contributed by atoms with Crippen molar-refractivity contribution >= 4 is 50.3 Å². The van der Waals surface area contributed by atoms with E-state index in [-0.39, 0.29) is 41.1 Å². The van der Waals surface area contributed by atoms with Gasteiger partial charge < -0.3 is 15.3 Å². The average molecular weight is 786 g/mol. The summed E-state index contributed by atoms with van der Waals surface area (Å²) in [5.41, 5.74) is 0.191. The maximum Gasteiger partial charge on any atom is 0.328 e. The molecular formula is C37H49F2N9O6S. The third kappa shape index (κ3) is 8.32. The van der Waals surface area contributed by atoms with Crippen molar-refractivity contribution in [1.29, 1.82) is 0 Å². The zero-order chi connectivity index (χ0) is 39.1. The molecule has 3 N–H and O–H groups in total. The highest BCUT2D eigenvalue weighted by Gasteiger charge is 2.40. The summed E-state index contributed by atoms with van der Waals surface area (Å²) in [4.78, 5) is 52.2. The maximum absolute atomic E-state index is 13.8. The fraction of sp³-hybridized carbons (Fsp3) is 0.595. The highest BCUT2D eigenvalue weighted by molar-refractivity contribution is 7.89. The number of hydrogen-bond donors (Lipinski definition) is 3. The molecule has 1 aliphatic carbocycles. The molecule has 298 valence electrons. The number of aromatic nitrogens is 3. The van der Waals surface area contributed by atoms with Gasteiger partial charge in [-0.15, -0.1) is 0 Å². The Hall–Kier alpha value is -4.26. The van der Waals surface area contributed by atoms with Gasteiger partial charge in [-0.05, 0) is 88.7 Å². The standard InChI is InChI=1S/C37H49F2N9O6S/c1-24-21-27(6-7-29(24)47-15-10-31(49)42-36(47)51)45-18-16-44(17-19-45)12-4-20-55(53,54)46-13-8-26(9-14-46)41-35-40-23-25-22-28(32(38)39)34(50)48(33(25)43-35)30-5-3-11-37(30,2)52/h6-7,21-23,26,30,32,52H,3-5,8-20H2,1-2H3,(H,40,41,43)(H,42,49,51)/t30-,37-/m1/s1. The molecule has 0 radical (unpaired) electrons. The lowest BCUT2D eigenvalue weighted by Gasteiger charge is -2.37. The molecule has 1 aromatic carbocycles. The molecule has 3 amide bonds. The van der Waals surface area contributed by atoms with E-state index in [0.29, 0.717) is 64.7 Å². The number of anilines is 3. The van der Waals surface area contributed by atoms with Crippen LogP contribution in [0.1, 0.15) is 75.5 Å². The van der Waals surface area contributed by atoms with E-state index in [4.69, 9.17) is 0 Å². The number of nitrogens with one attached hydrogen (secondary N) is 2. The molecule has 4 aliphatic rings.